The molecular weight excluding hydrogens is 276 g/mol. The van der Waals surface area contributed by atoms with Crippen LogP contribution >= 0.6 is 0 Å². The van der Waals surface area contributed by atoms with E-state index in [-0.39, 0.29) is 18.2 Å². The second-order valence-electron chi connectivity index (χ2n) is 4.69. The predicted octanol–water partition coefficient (Wildman–Crippen LogP) is 0.282. The average molecular weight is 288 g/mol. The molecule has 3 rings (SSSR count). The van der Waals surface area contributed by atoms with Gasteiger partial charge in [-0.1, -0.05) is 0 Å². The Hall–Kier alpha value is -2.84. The van der Waals surface area contributed by atoms with E-state index in [1.807, 2.05) is 0 Å². The fourth-order valence-corrected chi connectivity index (χ4v) is 1.77. The molecule has 0 spiro atoms. The molecule has 0 atom stereocenters. The molecule has 9 nitrogen and oxygen atoms in total. The van der Waals surface area contributed by atoms with Crippen LogP contribution < -0.4 is 5.32 Å². The van der Waals surface area contributed by atoms with Crippen molar-refractivity contribution in [2.45, 2.75) is 25.3 Å². The predicted molar refractivity (Wildman–Crippen MR) is 69.6 cm³/mol. The van der Waals surface area contributed by atoms with Gasteiger partial charge in [0, 0.05) is 12.1 Å². The molecule has 9 heteroatoms. The minimum absolute atomic E-state index is 0.0350. The molecule has 1 fully saturated rings. The van der Waals surface area contributed by atoms with E-state index in [1.165, 1.54) is 12.4 Å². The minimum atomic E-state index is -1.04. The number of rotatable bonds is 5. The van der Waals surface area contributed by atoms with Crippen molar-refractivity contribution >= 4 is 17.8 Å². The number of carboxylic acid groups (broad SMARTS) is 1. The van der Waals surface area contributed by atoms with Gasteiger partial charge < -0.3 is 5.11 Å². The van der Waals surface area contributed by atoms with Crippen LogP contribution in [0, 0.1) is 0 Å². The van der Waals surface area contributed by atoms with Crippen molar-refractivity contribution in [3.05, 3.63) is 30.1 Å². The molecule has 108 valence electrons. The summed E-state index contributed by atoms with van der Waals surface area (Å²) in [7, 11) is 0. The number of carbonyl (C=O) groups excluding carboxylic acids is 1. The molecule has 2 aromatic rings. The third-order valence-electron chi connectivity index (χ3n) is 2.91. The van der Waals surface area contributed by atoms with Crippen LogP contribution in [0.3, 0.4) is 0 Å². The molecule has 1 aliphatic rings. The number of hydrogen-bond donors (Lipinski definition) is 2. The van der Waals surface area contributed by atoms with E-state index in [9.17, 15) is 9.59 Å². The molecule has 0 aliphatic heterocycles. The molecule has 2 N–H and O–H groups in total. The number of carboxylic acids is 1. The topological polar surface area (TPSA) is 123 Å². The quantitative estimate of drug-likeness (QED) is 0.810. The summed E-state index contributed by atoms with van der Waals surface area (Å²) in [6.45, 7) is -0.317. The standard InChI is InChI=1S/C12H12N6O3/c19-9(20)5-18-6-14-12(17-18)16-11(21)8-3-4-13-10(15-8)7-1-2-7/h3-4,6-7H,1-2,5H2,(H,19,20)(H,16,17,21). The first-order valence-electron chi connectivity index (χ1n) is 6.37. The summed E-state index contributed by atoms with van der Waals surface area (Å²) in [5.41, 5.74) is 0.237. The average Bonchev–Trinajstić information content (AvgIpc) is 3.22. The van der Waals surface area contributed by atoms with Crippen LogP contribution in [0.2, 0.25) is 0 Å². The van der Waals surface area contributed by atoms with Crippen molar-refractivity contribution in [2.24, 2.45) is 0 Å². The number of aromatic nitrogens is 5. The van der Waals surface area contributed by atoms with E-state index in [4.69, 9.17) is 5.11 Å². The fourth-order valence-electron chi connectivity index (χ4n) is 1.77. The number of nitrogens with zero attached hydrogens (tertiary/aromatic N) is 5. The Morgan fingerprint density at radius 1 is 1.38 bits per heavy atom. The van der Waals surface area contributed by atoms with E-state index < -0.39 is 11.9 Å². The molecule has 1 saturated carbocycles. The van der Waals surface area contributed by atoms with E-state index in [1.54, 1.807) is 6.20 Å². The summed E-state index contributed by atoms with van der Waals surface area (Å²) in [5.74, 6) is -0.430. The first-order chi connectivity index (χ1) is 10.1. The maximum atomic E-state index is 12.0. The van der Waals surface area contributed by atoms with Gasteiger partial charge in [0.2, 0.25) is 5.95 Å². The Labute approximate surface area is 119 Å². The van der Waals surface area contributed by atoms with E-state index in [2.05, 4.69) is 25.4 Å². The van der Waals surface area contributed by atoms with Crippen LogP contribution in [0.15, 0.2) is 18.6 Å². The molecule has 2 heterocycles. The Balaban J connectivity index is 1.69. The lowest BCUT2D eigenvalue weighted by atomic mass is 10.3. The molecule has 0 unspecified atom stereocenters. The van der Waals surface area contributed by atoms with Crippen molar-refractivity contribution < 1.29 is 14.7 Å². The summed E-state index contributed by atoms with van der Waals surface area (Å²) in [6, 6.07) is 1.51. The molecule has 1 amide bonds. The first-order valence-corrected chi connectivity index (χ1v) is 6.37. The number of anilines is 1. The summed E-state index contributed by atoms with van der Waals surface area (Å²) in [4.78, 5) is 34.7. The number of amides is 1. The van der Waals surface area contributed by atoms with Gasteiger partial charge in [-0.2, -0.15) is 0 Å². The van der Waals surface area contributed by atoms with Gasteiger partial charge in [-0.15, -0.1) is 5.10 Å². The fraction of sp³-hybridized carbons (Fsp3) is 0.333. The highest BCUT2D eigenvalue weighted by Crippen LogP contribution is 2.37. The normalized spacial score (nSPS) is 13.9. The number of carbonyl (C=O) groups is 2. The monoisotopic (exact) mass is 288 g/mol. The molecule has 0 aromatic carbocycles. The lowest BCUT2D eigenvalue weighted by Gasteiger charge is -2.02. The lowest BCUT2D eigenvalue weighted by molar-refractivity contribution is -0.137. The van der Waals surface area contributed by atoms with Crippen LogP contribution in [0.1, 0.15) is 35.1 Å². The largest absolute Gasteiger partial charge is 0.480 e. The lowest BCUT2D eigenvalue weighted by Crippen LogP contribution is -2.16. The Morgan fingerprint density at radius 2 is 2.19 bits per heavy atom. The second kappa shape index (κ2) is 5.27. The zero-order valence-corrected chi connectivity index (χ0v) is 10.9. The second-order valence-corrected chi connectivity index (χ2v) is 4.69. The Morgan fingerprint density at radius 3 is 2.90 bits per heavy atom. The zero-order valence-electron chi connectivity index (χ0n) is 10.9. The maximum absolute atomic E-state index is 12.0. The maximum Gasteiger partial charge on any atom is 0.325 e. The zero-order chi connectivity index (χ0) is 14.8. The van der Waals surface area contributed by atoms with Gasteiger partial charge in [0.25, 0.3) is 5.91 Å². The van der Waals surface area contributed by atoms with Crippen LogP contribution in [-0.2, 0) is 11.3 Å². The van der Waals surface area contributed by atoms with Gasteiger partial charge in [-0.3, -0.25) is 14.9 Å². The third kappa shape index (κ3) is 3.19. The van der Waals surface area contributed by atoms with E-state index >= 15 is 0 Å². The molecule has 0 saturated heterocycles. The van der Waals surface area contributed by atoms with Gasteiger partial charge in [-0.05, 0) is 18.9 Å². The van der Waals surface area contributed by atoms with Crippen molar-refractivity contribution in [3.8, 4) is 0 Å². The first kappa shape index (κ1) is 13.2. The Kier molecular flexibility index (Phi) is 3.30. The number of nitrogens with one attached hydrogen (secondary N) is 1. The molecular formula is C12H12N6O3. The van der Waals surface area contributed by atoms with E-state index in [0.29, 0.717) is 11.7 Å². The SMILES string of the molecule is O=C(O)Cn1cnc(NC(=O)c2ccnc(C3CC3)n2)n1. The molecule has 0 radical (unpaired) electrons. The van der Waals surface area contributed by atoms with Crippen molar-refractivity contribution in [1.82, 2.24) is 24.7 Å². The smallest absolute Gasteiger partial charge is 0.325 e. The highest BCUT2D eigenvalue weighted by molar-refractivity contribution is 6.01. The van der Waals surface area contributed by atoms with Crippen LogP contribution in [-0.4, -0.2) is 41.7 Å². The molecule has 0 bridgehead atoms. The van der Waals surface area contributed by atoms with Crippen molar-refractivity contribution in [1.29, 1.82) is 0 Å². The minimum Gasteiger partial charge on any atom is -0.480 e. The van der Waals surface area contributed by atoms with Crippen molar-refractivity contribution in [3.63, 3.8) is 0 Å². The number of aliphatic carboxylic acids is 1. The highest BCUT2D eigenvalue weighted by atomic mass is 16.4. The Bertz CT molecular complexity index is 694. The molecule has 2 aromatic heterocycles. The highest BCUT2D eigenvalue weighted by Gasteiger charge is 2.27. The summed E-state index contributed by atoms with van der Waals surface area (Å²) < 4.78 is 1.12. The summed E-state index contributed by atoms with van der Waals surface area (Å²) >= 11 is 0. The van der Waals surface area contributed by atoms with Crippen LogP contribution in [0.25, 0.3) is 0 Å². The summed E-state index contributed by atoms with van der Waals surface area (Å²) in [5, 5.41) is 14.9. The van der Waals surface area contributed by atoms with Gasteiger partial charge in [0.1, 0.15) is 24.4 Å². The van der Waals surface area contributed by atoms with Crippen LogP contribution in [0.4, 0.5) is 5.95 Å². The number of hydrogen-bond acceptors (Lipinski definition) is 6. The van der Waals surface area contributed by atoms with Gasteiger partial charge >= 0.3 is 5.97 Å². The van der Waals surface area contributed by atoms with Gasteiger partial charge in [-0.25, -0.2) is 19.6 Å². The van der Waals surface area contributed by atoms with Gasteiger partial charge in [0.15, 0.2) is 0 Å². The third-order valence-corrected chi connectivity index (χ3v) is 2.91. The van der Waals surface area contributed by atoms with Crippen molar-refractivity contribution in [2.75, 3.05) is 5.32 Å². The summed E-state index contributed by atoms with van der Waals surface area (Å²) in [6.07, 6.45) is 4.88. The van der Waals surface area contributed by atoms with E-state index in [0.717, 1.165) is 17.5 Å². The molecule has 21 heavy (non-hydrogen) atoms. The van der Waals surface area contributed by atoms with Gasteiger partial charge in [0.05, 0.1) is 0 Å². The molecule has 1 aliphatic carbocycles. The van der Waals surface area contributed by atoms with Crippen LogP contribution in [0.5, 0.6) is 0 Å².